The predicted molar refractivity (Wildman–Crippen MR) is 130 cm³/mol. The quantitative estimate of drug-likeness (QED) is 0.295. The molecule has 0 unspecified atom stereocenters. The normalized spacial score (nSPS) is 10.7. The number of amides is 1. The Kier molecular flexibility index (Phi) is 6.90. The van der Waals surface area contributed by atoms with Crippen molar-refractivity contribution in [1.82, 2.24) is 9.97 Å². The Bertz CT molecular complexity index is 1410. The number of H-pyrrole nitrogens is 1. The Morgan fingerprint density at radius 1 is 1.03 bits per heavy atom. The summed E-state index contributed by atoms with van der Waals surface area (Å²) in [4.78, 5) is 43.4. The standard InChI is InChI=1S/C24H17Cl2N3O6/c1-34-24(33)15-8-14(35-11-21(30)31)6-7-18(15)29-23(32)13-4-2-12(3-5-13)22-27-19-9-16(25)17(26)10-20(19)28-22/h2-10H,11H2,1H3,(H,27,28)(H,29,32)(H,30,31). The number of carboxylic acid groups (broad SMARTS) is 1. The van der Waals surface area contributed by atoms with Crippen LogP contribution in [-0.2, 0) is 9.53 Å². The number of anilines is 1. The smallest absolute Gasteiger partial charge is 0.341 e. The molecular weight excluding hydrogens is 497 g/mol. The molecule has 4 rings (SSSR count). The number of nitrogens with zero attached hydrogens (tertiary/aromatic N) is 1. The molecule has 0 fully saturated rings. The minimum absolute atomic E-state index is 0.0138. The highest BCUT2D eigenvalue weighted by molar-refractivity contribution is 6.42. The van der Waals surface area contributed by atoms with Gasteiger partial charge in [-0.1, -0.05) is 35.3 Å². The molecule has 3 aromatic carbocycles. The lowest BCUT2D eigenvalue weighted by Gasteiger charge is -2.12. The molecule has 0 aliphatic carbocycles. The molecule has 3 N–H and O–H groups in total. The van der Waals surface area contributed by atoms with Gasteiger partial charge in [-0.2, -0.15) is 0 Å². The Balaban J connectivity index is 1.54. The summed E-state index contributed by atoms with van der Waals surface area (Å²) >= 11 is 12.1. The van der Waals surface area contributed by atoms with E-state index >= 15 is 0 Å². The highest BCUT2D eigenvalue weighted by atomic mass is 35.5. The number of halogens is 2. The first-order valence-corrected chi connectivity index (χ1v) is 10.8. The number of esters is 1. The number of nitrogens with one attached hydrogen (secondary N) is 2. The first-order chi connectivity index (χ1) is 16.7. The molecule has 0 atom stereocenters. The van der Waals surface area contributed by atoms with E-state index in [1.807, 2.05) is 0 Å². The summed E-state index contributed by atoms with van der Waals surface area (Å²) < 4.78 is 9.85. The molecule has 1 amide bonds. The van der Waals surface area contributed by atoms with Gasteiger partial charge in [0, 0.05) is 11.1 Å². The molecule has 1 heterocycles. The number of imidazole rings is 1. The summed E-state index contributed by atoms with van der Waals surface area (Å²) in [6.45, 7) is -0.579. The van der Waals surface area contributed by atoms with Crippen molar-refractivity contribution in [3.05, 3.63) is 75.8 Å². The summed E-state index contributed by atoms with van der Waals surface area (Å²) in [7, 11) is 1.19. The fraction of sp³-hybridized carbons (Fsp3) is 0.0833. The second-order valence-corrected chi connectivity index (χ2v) is 8.10. The molecule has 0 saturated carbocycles. The minimum Gasteiger partial charge on any atom is -0.482 e. The first-order valence-electron chi connectivity index (χ1n) is 10.1. The van der Waals surface area contributed by atoms with E-state index in [4.69, 9.17) is 37.8 Å². The van der Waals surface area contributed by atoms with Crippen LogP contribution in [0.2, 0.25) is 10.0 Å². The first kappa shape index (κ1) is 24.1. The molecule has 0 aliphatic heterocycles. The average Bonchev–Trinajstić information content (AvgIpc) is 3.25. The van der Waals surface area contributed by atoms with Crippen molar-refractivity contribution in [1.29, 1.82) is 0 Å². The number of methoxy groups -OCH3 is 1. The molecule has 0 bridgehead atoms. The van der Waals surface area contributed by atoms with E-state index in [1.165, 1.54) is 25.3 Å². The van der Waals surface area contributed by atoms with Gasteiger partial charge in [-0.25, -0.2) is 14.6 Å². The van der Waals surface area contributed by atoms with Gasteiger partial charge in [0.25, 0.3) is 5.91 Å². The number of carboxylic acids is 1. The predicted octanol–water partition coefficient (Wildman–Crippen LogP) is 5.04. The number of aromatic nitrogens is 2. The topological polar surface area (TPSA) is 131 Å². The monoisotopic (exact) mass is 513 g/mol. The largest absolute Gasteiger partial charge is 0.482 e. The van der Waals surface area contributed by atoms with Crippen LogP contribution in [0.3, 0.4) is 0 Å². The van der Waals surface area contributed by atoms with Crippen LogP contribution in [0.1, 0.15) is 20.7 Å². The van der Waals surface area contributed by atoms with Gasteiger partial charge in [0.2, 0.25) is 0 Å². The van der Waals surface area contributed by atoms with Gasteiger partial charge in [0.1, 0.15) is 11.6 Å². The molecule has 0 radical (unpaired) electrons. The molecule has 4 aromatic rings. The van der Waals surface area contributed by atoms with Gasteiger partial charge in [0.15, 0.2) is 6.61 Å². The summed E-state index contributed by atoms with van der Waals surface area (Å²) in [6, 6.07) is 14.2. The fourth-order valence-electron chi connectivity index (χ4n) is 3.26. The van der Waals surface area contributed by atoms with Crippen molar-refractivity contribution in [3.63, 3.8) is 0 Å². The Morgan fingerprint density at radius 3 is 2.43 bits per heavy atom. The lowest BCUT2D eigenvalue weighted by molar-refractivity contribution is -0.139. The Labute approximate surface area is 208 Å². The van der Waals surface area contributed by atoms with Crippen LogP contribution >= 0.6 is 23.2 Å². The summed E-state index contributed by atoms with van der Waals surface area (Å²) in [6.07, 6.45) is 0. The maximum Gasteiger partial charge on any atom is 0.341 e. The SMILES string of the molecule is COC(=O)c1cc(OCC(=O)O)ccc1NC(=O)c1ccc(-c2nc3cc(Cl)c(Cl)cc3[nH]2)cc1. The third-order valence-corrected chi connectivity index (χ3v) is 5.67. The molecule has 9 nitrogen and oxygen atoms in total. The summed E-state index contributed by atoms with van der Waals surface area (Å²) in [5.74, 6) is -1.63. The van der Waals surface area contributed by atoms with Crippen LogP contribution in [0, 0.1) is 0 Å². The number of hydrogen-bond donors (Lipinski definition) is 3. The number of hydrogen-bond acceptors (Lipinski definition) is 6. The fourth-order valence-corrected chi connectivity index (χ4v) is 3.58. The second-order valence-electron chi connectivity index (χ2n) is 7.28. The number of aromatic amines is 1. The Morgan fingerprint density at radius 2 is 1.74 bits per heavy atom. The van der Waals surface area contributed by atoms with Crippen molar-refractivity contribution < 1.29 is 29.0 Å². The molecule has 178 valence electrons. The van der Waals surface area contributed by atoms with E-state index in [2.05, 4.69) is 15.3 Å². The van der Waals surface area contributed by atoms with Crippen molar-refractivity contribution in [3.8, 4) is 17.1 Å². The molecule has 1 aromatic heterocycles. The number of carbonyl (C=O) groups is 3. The van der Waals surface area contributed by atoms with Crippen molar-refractivity contribution >= 4 is 57.8 Å². The van der Waals surface area contributed by atoms with Crippen LogP contribution in [0.4, 0.5) is 5.69 Å². The van der Waals surface area contributed by atoms with E-state index < -0.39 is 24.5 Å². The summed E-state index contributed by atoms with van der Waals surface area (Å²) in [5.41, 5.74) is 2.64. The van der Waals surface area contributed by atoms with Gasteiger partial charge >= 0.3 is 11.9 Å². The number of rotatable bonds is 7. The van der Waals surface area contributed by atoms with Crippen LogP contribution in [-0.4, -0.2) is 46.6 Å². The highest BCUT2D eigenvalue weighted by Crippen LogP contribution is 2.29. The maximum atomic E-state index is 12.8. The van der Waals surface area contributed by atoms with Gasteiger partial charge in [0.05, 0.1) is 39.4 Å². The molecule has 0 aliphatic rings. The highest BCUT2D eigenvalue weighted by Gasteiger charge is 2.17. The van der Waals surface area contributed by atoms with Gasteiger partial charge in [-0.3, -0.25) is 4.79 Å². The zero-order valence-corrected chi connectivity index (χ0v) is 19.6. The lowest BCUT2D eigenvalue weighted by atomic mass is 10.1. The average molecular weight is 514 g/mol. The number of carbonyl (C=O) groups excluding carboxylic acids is 2. The zero-order chi connectivity index (χ0) is 25.1. The Hall–Kier alpha value is -4.08. The van der Waals surface area contributed by atoms with Crippen molar-refractivity contribution in [2.75, 3.05) is 19.0 Å². The molecule has 0 spiro atoms. The van der Waals surface area contributed by atoms with Gasteiger partial charge in [-0.05, 0) is 42.5 Å². The van der Waals surface area contributed by atoms with Crippen LogP contribution in [0.25, 0.3) is 22.4 Å². The van der Waals surface area contributed by atoms with Crippen molar-refractivity contribution in [2.45, 2.75) is 0 Å². The number of ether oxygens (including phenoxy) is 2. The number of benzene rings is 3. The lowest BCUT2D eigenvalue weighted by Crippen LogP contribution is -2.16. The second kappa shape index (κ2) is 10.0. The number of fused-ring (bicyclic) bond motifs is 1. The van der Waals surface area contributed by atoms with Crippen LogP contribution in [0.15, 0.2) is 54.6 Å². The van der Waals surface area contributed by atoms with Crippen molar-refractivity contribution in [2.24, 2.45) is 0 Å². The van der Waals surface area contributed by atoms with Gasteiger partial charge < -0.3 is 24.9 Å². The van der Waals surface area contributed by atoms with Crippen LogP contribution < -0.4 is 10.1 Å². The molecule has 0 saturated heterocycles. The van der Waals surface area contributed by atoms with Gasteiger partial charge in [-0.15, -0.1) is 0 Å². The zero-order valence-electron chi connectivity index (χ0n) is 18.1. The summed E-state index contributed by atoms with van der Waals surface area (Å²) in [5, 5.41) is 12.2. The van der Waals surface area contributed by atoms with E-state index in [-0.39, 0.29) is 17.0 Å². The molecule has 11 heteroatoms. The molecular formula is C24H17Cl2N3O6. The van der Waals surface area contributed by atoms with E-state index in [0.717, 1.165) is 11.1 Å². The number of aliphatic carboxylic acids is 1. The van der Waals surface area contributed by atoms with E-state index in [1.54, 1.807) is 36.4 Å². The van der Waals surface area contributed by atoms with E-state index in [9.17, 15) is 14.4 Å². The minimum atomic E-state index is -1.17. The van der Waals surface area contributed by atoms with Crippen LogP contribution in [0.5, 0.6) is 5.75 Å². The third kappa shape index (κ3) is 5.37. The molecule has 35 heavy (non-hydrogen) atoms. The maximum absolute atomic E-state index is 12.8. The van der Waals surface area contributed by atoms with E-state index in [0.29, 0.717) is 26.9 Å². The third-order valence-electron chi connectivity index (χ3n) is 4.95.